The quantitative estimate of drug-likeness (QED) is 0.754. The molecular formula is C12H15N5. The summed E-state index contributed by atoms with van der Waals surface area (Å²) in [5.74, 6) is 0.598. The average Bonchev–Trinajstić information content (AvgIpc) is 3.18. The number of nitrogens with one attached hydrogen (secondary N) is 2. The van der Waals surface area contributed by atoms with Gasteiger partial charge < -0.3 is 10.6 Å². The summed E-state index contributed by atoms with van der Waals surface area (Å²) >= 11 is 0. The van der Waals surface area contributed by atoms with Crippen LogP contribution in [0.3, 0.4) is 0 Å². The van der Waals surface area contributed by atoms with E-state index in [1.807, 2.05) is 24.3 Å². The molecule has 88 valence electrons. The van der Waals surface area contributed by atoms with E-state index in [0.29, 0.717) is 5.95 Å². The van der Waals surface area contributed by atoms with Crippen LogP contribution in [0.2, 0.25) is 0 Å². The number of hydrogen-bond acceptors (Lipinski definition) is 5. The fraction of sp³-hybridized carbons (Fsp3) is 0.417. The van der Waals surface area contributed by atoms with Crippen molar-refractivity contribution in [3.63, 3.8) is 0 Å². The van der Waals surface area contributed by atoms with Gasteiger partial charge in [0.1, 0.15) is 5.52 Å². The molecule has 0 aliphatic heterocycles. The van der Waals surface area contributed by atoms with Gasteiger partial charge in [0.15, 0.2) is 0 Å². The number of hydrogen-bond donors (Lipinski definition) is 2. The van der Waals surface area contributed by atoms with E-state index in [9.17, 15) is 0 Å². The predicted octanol–water partition coefficient (Wildman–Crippen LogP) is 1.19. The van der Waals surface area contributed by atoms with Crippen molar-refractivity contribution < 1.29 is 0 Å². The average molecular weight is 229 g/mol. The van der Waals surface area contributed by atoms with E-state index in [1.165, 1.54) is 12.8 Å². The van der Waals surface area contributed by atoms with Crippen LogP contribution in [0.25, 0.3) is 11.0 Å². The summed E-state index contributed by atoms with van der Waals surface area (Å²) in [6.07, 6.45) is 2.63. The molecule has 0 amide bonds. The minimum absolute atomic E-state index is 0.598. The fourth-order valence-corrected chi connectivity index (χ4v) is 1.69. The molecule has 5 heteroatoms. The molecule has 1 fully saturated rings. The van der Waals surface area contributed by atoms with Crippen molar-refractivity contribution in [1.82, 2.24) is 20.5 Å². The second kappa shape index (κ2) is 4.63. The lowest BCUT2D eigenvalue weighted by Gasteiger charge is -2.05. The first-order valence-electron chi connectivity index (χ1n) is 5.98. The number of rotatable bonds is 5. The Labute approximate surface area is 99.7 Å². The Hall–Kier alpha value is -1.75. The topological polar surface area (TPSA) is 62.7 Å². The first-order valence-corrected chi connectivity index (χ1v) is 5.98. The van der Waals surface area contributed by atoms with Gasteiger partial charge in [0.25, 0.3) is 0 Å². The molecule has 1 heterocycles. The van der Waals surface area contributed by atoms with Crippen LogP contribution < -0.4 is 10.6 Å². The molecule has 1 aliphatic carbocycles. The minimum Gasteiger partial charge on any atom is -0.352 e. The maximum Gasteiger partial charge on any atom is 0.243 e. The van der Waals surface area contributed by atoms with E-state index in [2.05, 4.69) is 25.8 Å². The van der Waals surface area contributed by atoms with Crippen LogP contribution in [0.4, 0.5) is 5.95 Å². The van der Waals surface area contributed by atoms with Crippen LogP contribution in [0.5, 0.6) is 0 Å². The third kappa shape index (κ3) is 2.68. The number of anilines is 1. The van der Waals surface area contributed by atoms with Gasteiger partial charge in [0.2, 0.25) is 5.95 Å². The molecule has 1 saturated carbocycles. The lowest BCUT2D eigenvalue weighted by Crippen LogP contribution is -2.24. The Bertz CT molecular complexity index is 509. The van der Waals surface area contributed by atoms with E-state index >= 15 is 0 Å². The van der Waals surface area contributed by atoms with Crippen molar-refractivity contribution in [3.05, 3.63) is 24.3 Å². The van der Waals surface area contributed by atoms with Gasteiger partial charge in [-0.2, -0.15) is 0 Å². The molecule has 0 bridgehead atoms. The maximum atomic E-state index is 4.40. The molecular weight excluding hydrogens is 214 g/mol. The van der Waals surface area contributed by atoms with E-state index in [4.69, 9.17) is 0 Å². The molecule has 1 aromatic carbocycles. The number of nitrogens with zero attached hydrogens (tertiary/aromatic N) is 3. The highest BCUT2D eigenvalue weighted by Gasteiger charge is 2.19. The van der Waals surface area contributed by atoms with Gasteiger partial charge in [0, 0.05) is 19.1 Å². The van der Waals surface area contributed by atoms with E-state index in [-0.39, 0.29) is 0 Å². The van der Waals surface area contributed by atoms with Gasteiger partial charge in [-0.05, 0) is 25.0 Å². The largest absolute Gasteiger partial charge is 0.352 e. The van der Waals surface area contributed by atoms with Crippen molar-refractivity contribution in [1.29, 1.82) is 0 Å². The third-order valence-corrected chi connectivity index (χ3v) is 2.78. The summed E-state index contributed by atoms with van der Waals surface area (Å²) in [5, 5.41) is 14.7. The van der Waals surface area contributed by atoms with Gasteiger partial charge in [0.05, 0.1) is 5.52 Å². The van der Waals surface area contributed by atoms with E-state index in [0.717, 1.165) is 30.2 Å². The van der Waals surface area contributed by atoms with Crippen molar-refractivity contribution >= 4 is 17.0 Å². The normalized spacial score (nSPS) is 15.1. The highest BCUT2D eigenvalue weighted by atomic mass is 15.2. The monoisotopic (exact) mass is 229 g/mol. The van der Waals surface area contributed by atoms with Crippen LogP contribution in [-0.4, -0.2) is 34.3 Å². The summed E-state index contributed by atoms with van der Waals surface area (Å²) in [7, 11) is 0. The predicted molar refractivity (Wildman–Crippen MR) is 66.8 cm³/mol. The molecule has 5 nitrogen and oxygen atoms in total. The Kier molecular flexibility index (Phi) is 2.83. The minimum atomic E-state index is 0.598. The molecule has 0 spiro atoms. The highest BCUT2D eigenvalue weighted by molar-refractivity contribution is 5.73. The number of fused-ring (bicyclic) bond motifs is 1. The third-order valence-electron chi connectivity index (χ3n) is 2.78. The lowest BCUT2D eigenvalue weighted by molar-refractivity contribution is 0.699. The van der Waals surface area contributed by atoms with Crippen molar-refractivity contribution in [2.45, 2.75) is 18.9 Å². The Balaban J connectivity index is 1.59. The summed E-state index contributed by atoms with van der Waals surface area (Å²) < 4.78 is 0. The fourth-order valence-electron chi connectivity index (χ4n) is 1.69. The van der Waals surface area contributed by atoms with Crippen molar-refractivity contribution in [2.24, 2.45) is 0 Å². The second-order valence-corrected chi connectivity index (χ2v) is 4.28. The SMILES string of the molecule is c1ccc2nc(NCCNC3CC3)nnc2c1. The molecule has 0 saturated heterocycles. The van der Waals surface area contributed by atoms with Crippen LogP contribution in [0.15, 0.2) is 24.3 Å². The zero-order valence-corrected chi connectivity index (χ0v) is 9.56. The molecule has 1 aromatic heterocycles. The Morgan fingerprint density at radius 3 is 2.71 bits per heavy atom. The Morgan fingerprint density at radius 2 is 1.88 bits per heavy atom. The van der Waals surface area contributed by atoms with Gasteiger partial charge in [-0.25, -0.2) is 4.98 Å². The Morgan fingerprint density at radius 1 is 1.06 bits per heavy atom. The van der Waals surface area contributed by atoms with Crippen LogP contribution in [-0.2, 0) is 0 Å². The number of benzene rings is 1. The second-order valence-electron chi connectivity index (χ2n) is 4.28. The first-order chi connectivity index (χ1) is 8.42. The van der Waals surface area contributed by atoms with Gasteiger partial charge in [-0.1, -0.05) is 12.1 Å². The van der Waals surface area contributed by atoms with E-state index < -0.39 is 0 Å². The first kappa shape index (κ1) is 10.4. The van der Waals surface area contributed by atoms with E-state index in [1.54, 1.807) is 0 Å². The molecule has 3 rings (SSSR count). The van der Waals surface area contributed by atoms with Gasteiger partial charge >= 0.3 is 0 Å². The van der Waals surface area contributed by atoms with Crippen molar-refractivity contribution in [3.8, 4) is 0 Å². The summed E-state index contributed by atoms with van der Waals surface area (Å²) in [4.78, 5) is 4.40. The zero-order valence-electron chi connectivity index (χ0n) is 9.56. The van der Waals surface area contributed by atoms with Crippen LogP contribution in [0, 0.1) is 0 Å². The molecule has 0 unspecified atom stereocenters. The number of para-hydroxylation sites is 1. The smallest absolute Gasteiger partial charge is 0.243 e. The summed E-state index contributed by atoms with van der Waals surface area (Å²) in [6.45, 7) is 1.78. The van der Waals surface area contributed by atoms with Crippen LogP contribution in [0.1, 0.15) is 12.8 Å². The van der Waals surface area contributed by atoms with Gasteiger partial charge in [-0.3, -0.25) is 0 Å². The molecule has 2 N–H and O–H groups in total. The number of aromatic nitrogens is 3. The molecule has 17 heavy (non-hydrogen) atoms. The molecule has 2 aromatic rings. The molecule has 1 aliphatic rings. The van der Waals surface area contributed by atoms with Gasteiger partial charge in [-0.15, -0.1) is 10.2 Å². The molecule has 0 radical (unpaired) electrons. The standard InChI is InChI=1S/C12H15N5/c1-2-4-11-10(3-1)15-12(17-16-11)14-8-7-13-9-5-6-9/h1-4,9,13H,5-8H2,(H,14,15,17). The summed E-state index contributed by atoms with van der Waals surface area (Å²) in [6, 6.07) is 8.49. The maximum absolute atomic E-state index is 4.40. The molecule has 0 atom stereocenters. The van der Waals surface area contributed by atoms with Crippen molar-refractivity contribution in [2.75, 3.05) is 18.4 Å². The lowest BCUT2D eigenvalue weighted by atomic mass is 10.3. The zero-order chi connectivity index (χ0) is 11.5. The summed E-state index contributed by atoms with van der Waals surface area (Å²) in [5.41, 5.74) is 1.70. The highest BCUT2D eigenvalue weighted by Crippen LogP contribution is 2.17. The van der Waals surface area contributed by atoms with Crippen LogP contribution >= 0.6 is 0 Å².